The highest BCUT2D eigenvalue weighted by Gasteiger charge is 2.39. The Bertz CT molecular complexity index is 4730. The summed E-state index contributed by atoms with van der Waals surface area (Å²) >= 11 is 0. The molecule has 11 aromatic rings. The number of aliphatic imine (C=N–C) groups is 1. The van der Waals surface area contributed by atoms with Crippen LogP contribution in [0.4, 0.5) is 11.6 Å². The van der Waals surface area contributed by atoms with Crippen LogP contribution < -0.4 is 22.9 Å². The van der Waals surface area contributed by atoms with Gasteiger partial charge in [0.2, 0.25) is 0 Å². The van der Waals surface area contributed by atoms with Crippen molar-refractivity contribution in [3.05, 3.63) is 144 Å². The number of amidine groups is 1. The summed E-state index contributed by atoms with van der Waals surface area (Å²) in [6, 6.07) is 30.2. The van der Waals surface area contributed by atoms with Gasteiger partial charge in [-0.1, -0.05) is 133 Å². The van der Waals surface area contributed by atoms with Crippen LogP contribution in [0.25, 0.3) is 65.9 Å². The second kappa shape index (κ2) is 39.4. The van der Waals surface area contributed by atoms with E-state index in [-0.39, 0.29) is 12.6 Å². The van der Waals surface area contributed by atoms with E-state index in [1.807, 2.05) is 119 Å². The number of para-hydroxylation sites is 2. The van der Waals surface area contributed by atoms with Gasteiger partial charge in [0.25, 0.3) is 0 Å². The first-order valence-electron chi connectivity index (χ1n) is 38.9. The third-order valence-electron chi connectivity index (χ3n) is 20.0. The van der Waals surface area contributed by atoms with Crippen molar-refractivity contribution in [1.82, 2.24) is 58.1 Å². The summed E-state index contributed by atoms with van der Waals surface area (Å²) in [4.78, 5) is 54.0. The minimum atomic E-state index is -0.817. The van der Waals surface area contributed by atoms with Gasteiger partial charge in [-0.2, -0.15) is 0 Å². The minimum absolute atomic E-state index is 0.0540. The average Bonchev–Trinajstić information content (AvgIpc) is 1.54. The van der Waals surface area contributed by atoms with Crippen molar-refractivity contribution in [2.75, 3.05) is 58.2 Å². The van der Waals surface area contributed by atoms with E-state index in [0.29, 0.717) is 114 Å². The predicted molar refractivity (Wildman–Crippen MR) is 429 cm³/mol. The van der Waals surface area contributed by atoms with E-state index < -0.39 is 17.2 Å². The molecule has 25 nitrogen and oxygen atoms in total. The number of aryl methyl sites for hydroxylation is 2. The molecule has 2 aliphatic rings. The fraction of sp³-hybridized carbons (Fsp3) is 0.518. The van der Waals surface area contributed by atoms with Gasteiger partial charge in [0.05, 0.1) is 83.3 Å². The quantitative estimate of drug-likeness (QED) is 0.0159. The number of hydrogen-bond acceptors (Lipinski definition) is 21. The lowest BCUT2D eigenvalue weighted by atomic mass is 9.80. The summed E-state index contributed by atoms with van der Waals surface area (Å²) in [5.74, 6) is 4.95. The molecular formula is C83H115N17O8. The lowest BCUT2D eigenvalue weighted by Gasteiger charge is -2.34. The average molecular weight is 1480 g/mol. The molecule has 0 spiro atoms. The maximum Gasteiger partial charge on any atom is 0.152 e. The first-order chi connectivity index (χ1) is 52.3. The number of fused-ring (bicyclic) bond motifs is 12. The van der Waals surface area contributed by atoms with Crippen LogP contribution in [-0.2, 0) is 86.3 Å². The van der Waals surface area contributed by atoms with Crippen LogP contribution in [0, 0.1) is 0 Å². The minimum Gasteiger partial charge on any atom is -0.395 e. The molecule has 1 aliphatic heterocycles. The van der Waals surface area contributed by atoms with Gasteiger partial charge in [-0.3, -0.25) is 14.8 Å². The van der Waals surface area contributed by atoms with E-state index in [2.05, 4.69) is 65.7 Å². The number of Topliss-reactive ketones (excluding diaryl/α,β-unsaturated/α-hetero) is 1. The van der Waals surface area contributed by atoms with Crippen molar-refractivity contribution < 1.29 is 38.7 Å². The molecule has 1 saturated carbocycles. The van der Waals surface area contributed by atoms with Crippen LogP contribution >= 0.6 is 0 Å². The van der Waals surface area contributed by atoms with Crippen molar-refractivity contribution in [3.8, 4) is 0 Å². The molecule has 3 atom stereocenters. The number of rotatable bonds is 35. The number of unbranched alkanes of at least 4 members (excludes halogenated alkanes) is 5. The van der Waals surface area contributed by atoms with Crippen LogP contribution in [0.5, 0.6) is 0 Å². The number of aliphatic hydroxyl groups excluding tert-OH is 1. The fourth-order valence-corrected chi connectivity index (χ4v) is 14.4. The normalized spacial score (nSPS) is 14.7. The highest BCUT2D eigenvalue weighted by atomic mass is 16.5. The number of methoxy groups -OCH3 is 1. The van der Waals surface area contributed by atoms with Gasteiger partial charge < -0.3 is 75.1 Å². The number of ketones is 1. The SMILES string of the molecule is CCCCCC(=O)CCCCCn1c(CCCC)nc2c(N)nc3cccnc3c21.CCOCc1nc2c(N)nc3ccccc3c2n1CCOCCCOCc1ccccc1.CCOCc1nc2c(n1CC(C)(C)O)C1CCCCC1N=C2N.COC(N)C(C)(C)c1nc2ccccc2c2c1ncn2CCO. The second-order valence-corrected chi connectivity index (χ2v) is 29.2. The lowest BCUT2D eigenvalue weighted by Crippen LogP contribution is -2.43. The fourth-order valence-electron chi connectivity index (χ4n) is 14.4. The standard InChI is InChI=1S/C25H30N4O3.C24H35N5O.C17H22N4O2.C17H28N4O2/c1-2-30-18-22-28-23-24(20-11-6-7-12-21(20)27-25(23)26)29(22)13-16-31-14-8-15-32-17-19-9-4-3-5-10-19;1-3-5-8-12-18(30)13-9-7-10-17-29-20(15-6-4-2)28-22-23(29)21-19(27-24(22)25)14-11-16-26-21;1-17(2,16(18)23-3)15-13-14(21(8-9-22)10-19-13)11-6-4-5-7-12(11)20-15;1-4-23-9-13-20-14-15(21(13)10-17(2,3)22)11-7-5-6-8-12(11)19-16(14)18/h3-7,9-12H,2,8,13-18H2,1H3,(H2,26,27);11,14,16H,3-10,12-13,15,17H2,1-2H3,(H2,25,27);4-7,10,16,22H,8-9,18H2,1-3H3;11-12,22H,4-10H2,1-3H3,(H2,18,19). The van der Waals surface area contributed by atoms with Crippen LogP contribution in [0.3, 0.4) is 0 Å². The number of aromatic nitrogens is 12. The van der Waals surface area contributed by atoms with E-state index in [0.717, 1.165) is 185 Å². The molecule has 0 radical (unpaired) electrons. The van der Waals surface area contributed by atoms with Crippen molar-refractivity contribution in [3.63, 3.8) is 0 Å². The smallest absolute Gasteiger partial charge is 0.152 e. The third kappa shape index (κ3) is 20.3. The maximum atomic E-state index is 12.0. The van der Waals surface area contributed by atoms with Gasteiger partial charge in [0.15, 0.2) is 11.6 Å². The Kier molecular flexibility index (Phi) is 29.8. The Morgan fingerprint density at radius 1 is 0.583 bits per heavy atom. The predicted octanol–water partition coefficient (Wildman–Crippen LogP) is 13.7. The summed E-state index contributed by atoms with van der Waals surface area (Å²) in [6.45, 7) is 23.2. The molecule has 580 valence electrons. The van der Waals surface area contributed by atoms with Crippen LogP contribution in [-0.4, -0.2) is 145 Å². The Morgan fingerprint density at radius 3 is 1.90 bits per heavy atom. The summed E-state index contributed by atoms with van der Waals surface area (Å²) < 4.78 is 36.7. The largest absolute Gasteiger partial charge is 0.395 e. The van der Waals surface area contributed by atoms with Crippen molar-refractivity contribution in [1.29, 1.82) is 0 Å². The van der Waals surface area contributed by atoms with E-state index in [1.165, 1.54) is 18.4 Å². The van der Waals surface area contributed by atoms with Crippen molar-refractivity contribution in [2.45, 2.75) is 233 Å². The zero-order chi connectivity index (χ0) is 76.7. The van der Waals surface area contributed by atoms with Gasteiger partial charge in [0, 0.05) is 101 Å². The Morgan fingerprint density at radius 2 is 1.20 bits per heavy atom. The molecule has 13 rings (SSSR count). The molecular weight excluding hydrogens is 1360 g/mol. The van der Waals surface area contributed by atoms with E-state index >= 15 is 0 Å². The number of anilines is 2. The number of nitrogen functional groups attached to an aromatic ring is 2. The summed E-state index contributed by atoms with van der Waals surface area (Å²) in [6.07, 6.45) is 19.5. The highest BCUT2D eigenvalue weighted by molar-refractivity contribution is 6.07. The number of aliphatic hydroxyl groups is 2. The molecule has 0 bridgehead atoms. The number of benzene rings is 3. The lowest BCUT2D eigenvalue weighted by molar-refractivity contribution is -0.119. The van der Waals surface area contributed by atoms with Gasteiger partial charge in [0.1, 0.15) is 81.8 Å². The molecule has 3 unspecified atom stereocenters. The first kappa shape index (κ1) is 81.6. The molecule has 3 aromatic carbocycles. The molecule has 8 aromatic heterocycles. The molecule has 25 heteroatoms. The topological polar surface area (TPSA) is 343 Å². The van der Waals surface area contributed by atoms with Gasteiger partial charge in [-0.25, -0.2) is 34.9 Å². The Balaban J connectivity index is 0.000000155. The Hall–Kier alpha value is -8.92. The number of ether oxygens (including phenoxy) is 5. The molecule has 9 heterocycles. The summed E-state index contributed by atoms with van der Waals surface area (Å²) in [7, 11) is 1.59. The zero-order valence-corrected chi connectivity index (χ0v) is 65.0. The van der Waals surface area contributed by atoms with Crippen molar-refractivity contribution >= 4 is 89.2 Å². The first-order valence-corrected chi connectivity index (χ1v) is 38.9. The van der Waals surface area contributed by atoms with E-state index in [1.54, 1.807) is 19.6 Å². The molecule has 0 amide bonds. The number of pyridine rings is 4. The molecule has 108 heavy (non-hydrogen) atoms. The number of carbonyl (C=O) groups is 1. The van der Waals surface area contributed by atoms with Gasteiger partial charge >= 0.3 is 0 Å². The number of imidazole rings is 4. The molecule has 10 N–H and O–H groups in total. The number of nitrogens with zero attached hydrogens (tertiary/aromatic N) is 13. The number of nitrogens with two attached hydrogens (primary N) is 4. The monoisotopic (exact) mass is 1480 g/mol. The summed E-state index contributed by atoms with van der Waals surface area (Å²) in [5, 5.41) is 21.7. The third-order valence-corrected chi connectivity index (χ3v) is 20.0. The number of hydrogen-bond donors (Lipinski definition) is 6. The van der Waals surface area contributed by atoms with Gasteiger partial charge in [-0.05, 0) is 102 Å². The second-order valence-electron chi connectivity index (χ2n) is 29.2. The summed E-state index contributed by atoms with van der Waals surface area (Å²) in [5.41, 5.74) is 36.1. The van der Waals surface area contributed by atoms with Crippen molar-refractivity contribution in [2.24, 2.45) is 16.5 Å². The van der Waals surface area contributed by atoms with Crippen LogP contribution in [0.1, 0.15) is 198 Å². The molecule has 1 fully saturated rings. The Labute approximate surface area is 634 Å². The van der Waals surface area contributed by atoms with E-state index in [9.17, 15) is 15.0 Å². The number of carbonyl (C=O) groups excluding carboxylic acids is 1. The van der Waals surface area contributed by atoms with Crippen LogP contribution in [0.15, 0.2) is 109 Å². The molecule has 1 aliphatic carbocycles. The highest BCUT2D eigenvalue weighted by Crippen LogP contribution is 2.41. The maximum absolute atomic E-state index is 12.0. The van der Waals surface area contributed by atoms with Crippen LogP contribution in [0.2, 0.25) is 0 Å². The van der Waals surface area contributed by atoms with Gasteiger partial charge in [-0.15, -0.1) is 0 Å². The van der Waals surface area contributed by atoms with E-state index in [4.69, 9.17) is 71.5 Å². The molecule has 0 saturated heterocycles. The zero-order valence-electron chi connectivity index (χ0n) is 65.0.